The van der Waals surface area contributed by atoms with Gasteiger partial charge in [-0.2, -0.15) is 0 Å². The highest BCUT2D eigenvalue weighted by Gasteiger charge is 2.13. The van der Waals surface area contributed by atoms with E-state index < -0.39 is 18.2 Å². The lowest BCUT2D eigenvalue weighted by molar-refractivity contribution is -0.138. The van der Waals surface area contributed by atoms with E-state index in [0.717, 1.165) is 0 Å². The number of halogens is 2. The summed E-state index contributed by atoms with van der Waals surface area (Å²) in [5.41, 5.74) is 10.1. The molecule has 0 amide bonds. The smallest absolute Gasteiger partial charge is 0.320 e. The number of hydrogen-bond acceptors (Lipinski definition) is 3. The Morgan fingerprint density at radius 1 is 1.50 bits per heavy atom. The Morgan fingerprint density at radius 3 is 2.33 bits per heavy atom. The maximum absolute atomic E-state index is 12.4. The molecule has 0 radical (unpaired) electrons. The van der Waals surface area contributed by atoms with Crippen LogP contribution in [-0.2, 0) is 4.79 Å². The van der Waals surface area contributed by atoms with E-state index in [1.165, 1.54) is 0 Å². The minimum Gasteiger partial charge on any atom is -0.480 e. The monoisotopic (exact) mass is 200 g/mol. The molecule has 0 aliphatic heterocycles. The van der Waals surface area contributed by atoms with E-state index >= 15 is 0 Å². The van der Waals surface area contributed by atoms with Gasteiger partial charge in [-0.3, -0.25) is 4.79 Å². The minimum atomic E-state index is -1.14. The van der Waals surface area contributed by atoms with Crippen LogP contribution in [0.25, 0.3) is 0 Å². The van der Waals surface area contributed by atoms with Crippen molar-refractivity contribution in [3.05, 3.63) is 0 Å². The largest absolute Gasteiger partial charge is 0.480 e. The number of alkyl halides is 1. The third kappa shape index (κ3) is 6.33. The zero-order chi connectivity index (χ0) is 8.85. The molecule has 0 heterocycles. The molecule has 0 aromatic rings. The van der Waals surface area contributed by atoms with Crippen molar-refractivity contribution in [1.82, 2.24) is 0 Å². The van der Waals surface area contributed by atoms with Gasteiger partial charge in [0, 0.05) is 6.54 Å². The molecule has 5 N–H and O–H groups in total. The molecule has 0 aromatic carbocycles. The van der Waals surface area contributed by atoms with Gasteiger partial charge in [0.15, 0.2) is 0 Å². The second-order valence-electron chi connectivity index (χ2n) is 2.36. The molecule has 0 spiro atoms. The molecular formula is C6H14ClFN2O2. The van der Waals surface area contributed by atoms with Gasteiger partial charge >= 0.3 is 5.97 Å². The maximum Gasteiger partial charge on any atom is 0.320 e. The molecule has 0 bridgehead atoms. The first-order valence-electron chi connectivity index (χ1n) is 3.40. The van der Waals surface area contributed by atoms with Gasteiger partial charge in [0.25, 0.3) is 0 Å². The van der Waals surface area contributed by atoms with Crippen molar-refractivity contribution in [1.29, 1.82) is 0 Å². The van der Waals surface area contributed by atoms with Gasteiger partial charge in [0.2, 0.25) is 0 Å². The van der Waals surface area contributed by atoms with Crippen LogP contribution in [-0.4, -0.2) is 29.8 Å². The van der Waals surface area contributed by atoms with Crippen LogP contribution in [0, 0.1) is 0 Å². The molecule has 0 rings (SSSR count). The Bertz CT molecular complexity index is 137. The number of carboxylic acid groups (broad SMARTS) is 1. The van der Waals surface area contributed by atoms with Gasteiger partial charge in [-0.05, 0) is 12.8 Å². The molecule has 2 unspecified atom stereocenters. The minimum absolute atomic E-state index is 0. The van der Waals surface area contributed by atoms with Crippen LogP contribution >= 0.6 is 12.4 Å². The summed E-state index contributed by atoms with van der Waals surface area (Å²) in [5.74, 6) is -1.10. The first-order valence-corrected chi connectivity index (χ1v) is 3.40. The zero-order valence-electron chi connectivity index (χ0n) is 6.57. The number of carboxylic acids is 1. The molecule has 0 aliphatic rings. The van der Waals surface area contributed by atoms with Gasteiger partial charge < -0.3 is 16.6 Å². The number of rotatable bonds is 5. The van der Waals surface area contributed by atoms with Crippen LogP contribution in [0.2, 0.25) is 0 Å². The summed E-state index contributed by atoms with van der Waals surface area (Å²) < 4.78 is 12.4. The maximum atomic E-state index is 12.4. The molecule has 0 aromatic heterocycles. The molecule has 6 heteroatoms. The first kappa shape index (κ1) is 14.2. The Morgan fingerprint density at radius 2 is 2.00 bits per heavy atom. The Kier molecular flexibility index (Phi) is 8.57. The molecule has 0 aliphatic carbocycles. The topological polar surface area (TPSA) is 89.3 Å². The lowest BCUT2D eigenvalue weighted by Gasteiger charge is -2.07. The van der Waals surface area contributed by atoms with Gasteiger partial charge in [-0.15, -0.1) is 12.4 Å². The fourth-order valence-electron chi connectivity index (χ4n) is 0.602. The highest BCUT2D eigenvalue weighted by atomic mass is 35.5. The van der Waals surface area contributed by atoms with Gasteiger partial charge in [-0.25, -0.2) is 4.39 Å². The molecule has 74 valence electrons. The standard InChI is InChI=1S/C6H13FN2O2.ClH/c7-4(3-8)1-2-5(9)6(10)11;/h4-5H,1-3,8-9H2,(H,10,11);1H. The van der Waals surface area contributed by atoms with E-state index in [1.54, 1.807) is 0 Å². The Balaban J connectivity index is 0. The SMILES string of the molecule is Cl.NCC(F)CCC(N)C(=O)O. The van der Waals surface area contributed by atoms with Gasteiger partial charge in [-0.1, -0.05) is 0 Å². The van der Waals surface area contributed by atoms with E-state index in [-0.39, 0.29) is 31.8 Å². The number of aliphatic carboxylic acids is 1. The molecule has 0 fully saturated rings. The van der Waals surface area contributed by atoms with Crippen molar-refractivity contribution in [3.8, 4) is 0 Å². The summed E-state index contributed by atoms with van der Waals surface area (Å²) in [4.78, 5) is 10.1. The quantitative estimate of drug-likeness (QED) is 0.578. The summed E-state index contributed by atoms with van der Waals surface area (Å²) in [6.07, 6.45) is -0.891. The second-order valence-corrected chi connectivity index (χ2v) is 2.36. The fraction of sp³-hybridized carbons (Fsp3) is 0.833. The Labute approximate surface area is 76.5 Å². The number of nitrogens with two attached hydrogens (primary N) is 2. The number of hydrogen-bond donors (Lipinski definition) is 3. The predicted molar refractivity (Wildman–Crippen MR) is 46.0 cm³/mol. The highest BCUT2D eigenvalue weighted by molar-refractivity contribution is 5.85. The zero-order valence-corrected chi connectivity index (χ0v) is 7.39. The van der Waals surface area contributed by atoms with Crippen LogP contribution in [0.4, 0.5) is 4.39 Å². The number of carbonyl (C=O) groups is 1. The van der Waals surface area contributed by atoms with Crippen molar-refractivity contribution in [2.24, 2.45) is 11.5 Å². The average Bonchev–Trinajstić information content (AvgIpc) is 1.99. The summed E-state index contributed by atoms with van der Waals surface area (Å²) in [5, 5.41) is 8.29. The molecular weight excluding hydrogens is 187 g/mol. The predicted octanol–water partition coefficient (Wildman–Crippen LogP) is -0.103. The summed E-state index contributed by atoms with van der Waals surface area (Å²) in [6.45, 7) is -0.0770. The molecule has 0 saturated carbocycles. The second kappa shape index (κ2) is 7.27. The Hall–Kier alpha value is -0.390. The normalized spacial score (nSPS) is 14.6. The van der Waals surface area contributed by atoms with Crippen LogP contribution in [0.3, 0.4) is 0 Å². The van der Waals surface area contributed by atoms with Crippen LogP contribution in [0.5, 0.6) is 0 Å². The lowest BCUT2D eigenvalue weighted by Crippen LogP contribution is -2.31. The molecule has 0 saturated heterocycles. The third-order valence-corrected chi connectivity index (χ3v) is 1.36. The van der Waals surface area contributed by atoms with Crippen molar-refractivity contribution >= 4 is 18.4 Å². The molecule has 2 atom stereocenters. The first-order chi connectivity index (χ1) is 5.07. The summed E-state index contributed by atoms with van der Waals surface area (Å²) in [6, 6.07) is -0.972. The fourth-order valence-corrected chi connectivity index (χ4v) is 0.602. The molecule has 12 heavy (non-hydrogen) atoms. The van der Waals surface area contributed by atoms with E-state index in [2.05, 4.69) is 0 Å². The average molecular weight is 201 g/mol. The van der Waals surface area contributed by atoms with Gasteiger partial charge in [0.1, 0.15) is 12.2 Å². The van der Waals surface area contributed by atoms with E-state index in [1.807, 2.05) is 0 Å². The van der Waals surface area contributed by atoms with Gasteiger partial charge in [0.05, 0.1) is 0 Å². The third-order valence-electron chi connectivity index (χ3n) is 1.36. The summed E-state index contributed by atoms with van der Waals surface area (Å²) >= 11 is 0. The molecule has 4 nitrogen and oxygen atoms in total. The highest BCUT2D eigenvalue weighted by Crippen LogP contribution is 2.02. The van der Waals surface area contributed by atoms with E-state index in [4.69, 9.17) is 16.6 Å². The van der Waals surface area contributed by atoms with Crippen molar-refractivity contribution in [2.75, 3.05) is 6.54 Å². The van der Waals surface area contributed by atoms with Crippen LogP contribution < -0.4 is 11.5 Å². The van der Waals surface area contributed by atoms with E-state index in [0.29, 0.717) is 0 Å². The lowest BCUT2D eigenvalue weighted by atomic mass is 10.1. The van der Waals surface area contributed by atoms with Crippen molar-refractivity contribution in [3.63, 3.8) is 0 Å². The van der Waals surface area contributed by atoms with Crippen LogP contribution in [0.1, 0.15) is 12.8 Å². The van der Waals surface area contributed by atoms with E-state index in [9.17, 15) is 9.18 Å². The van der Waals surface area contributed by atoms with Crippen molar-refractivity contribution in [2.45, 2.75) is 25.1 Å². The summed E-state index contributed by atoms with van der Waals surface area (Å²) in [7, 11) is 0. The van der Waals surface area contributed by atoms with Crippen molar-refractivity contribution < 1.29 is 14.3 Å². The van der Waals surface area contributed by atoms with Crippen LogP contribution in [0.15, 0.2) is 0 Å².